The van der Waals surface area contributed by atoms with Gasteiger partial charge in [0.2, 0.25) is 0 Å². The van der Waals surface area contributed by atoms with Gasteiger partial charge in [-0.05, 0) is 43.4 Å². The first-order valence-electron chi connectivity index (χ1n) is 7.51. The average molecular weight is 240 g/mol. The van der Waals surface area contributed by atoms with Gasteiger partial charge in [0, 0.05) is 6.61 Å². The molecule has 0 aromatic heterocycles. The minimum atomic E-state index is -0.210. The van der Waals surface area contributed by atoms with Crippen LogP contribution in [0.25, 0.3) is 0 Å². The van der Waals surface area contributed by atoms with Crippen molar-refractivity contribution in [1.29, 1.82) is 0 Å². The van der Waals surface area contributed by atoms with E-state index in [1.807, 2.05) is 0 Å². The second kappa shape index (κ2) is 6.75. The van der Waals surface area contributed by atoms with Gasteiger partial charge in [0.1, 0.15) is 0 Å². The molecule has 2 rings (SSSR count). The summed E-state index contributed by atoms with van der Waals surface area (Å²) in [5, 5.41) is 10.0. The lowest BCUT2D eigenvalue weighted by molar-refractivity contribution is -0.0115. The van der Waals surface area contributed by atoms with Crippen molar-refractivity contribution in [1.82, 2.24) is 0 Å². The molecule has 17 heavy (non-hydrogen) atoms. The highest BCUT2D eigenvalue weighted by molar-refractivity contribution is 4.75. The normalized spacial score (nSPS) is 32.8. The SMILES string of the molecule is CC1CCCC(COCC(O)C2CCCC2)C1. The third-order valence-corrected chi connectivity index (χ3v) is 4.63. The molecule has 0 aromatic rings. The van der Waals surface area contributed by atoms with Crippen LogP contribution in [0.15, 0.2) is 0 Å². The predicted octanol–water partition coefficient (Wildman–Crippen LogP) is 3.38. The Bertz CT molecular complexity index is 209. The molecule has 2 aliphatic rings. The number of rotatable bonds is 5. The molecule has 2 fully saturated rings. The molecule has 0 spiro atoms. The molecule has 2 aliphatic carbocycles. The summed E-state index contributed by atoms with van der Waals surface area (Å²) >= 11 is 0. The Morgan fingerprint density at radius 2 is 1.88 bits per heavy atom. The number of aliphatic hydroxyl groups excluding tert-OH is 1. The van der Waals surface area contributed by atoms with Crippen LogP contribution < -0.4 is 0 Å². The van der Waals surface area contributed by atoms with E-state index in [0.717, 1.165) is 18.4 Å². The maximum Gasteiger partial charge on any atom is 0.0801 e. The van der Waals surface area contributed by atoms with Crippen LogP contribution in [0, 0.1) is 17.8 Å². The highest BCUT2D eigenvalue weighted by Gasteiger charge is 2.24. The summed E-state index contributed by atoms with van der Waals surface area (Å²) in [7, 11) is 0. The molecule has 2 heteroatoms. The molecule has 0 amide bonds. The Labute approximate surface area is 106 Å². The quantitative estimate of drug-likeness (QED) is 0.798. The molecule has 2 saturated carbocycles. The summed E-state index contributed by atoms with van der Waals surface area (Å²) in [6.45, 7) is 3.78. The molecular formula is C15H28O2. The Morgan fingerprint density at radius 3 is 2.59 bits per heavy atom. The predicted molar refractivity (Wildman–Crippen MR) is 69.9 cm³/mol. The Morgan fingerprint density at radius 1 is 1.12 bits per heavy atom. The van der Waals surface area contributed by atoms with E-state index in [0.29, 0.717) is 12.5 Å². The van der Waals surface area contributed by atoms with Gasteiger partial charge >= 0.3 is 0 Å². The summed E-state index contributed by atoms with van der Waals surface area (Å²) in [5.41, 5.74) is 0. The number of aliphatic hydroxyl groups is 1. The summed E-state index contributed by atoms with van der Waals surface area (Å²) in [5.74, 6) is 2.13. The van der Waals surface area contributed by atoms with E-state index in [4.69, 9.17) is 4.74 Å². The Hall–Kier alpha value is -0.0800. The van der Waals surface area contributed by atoms with Crippen LogP contribution in [0.1, 0.15) is 58.3 Å². The second-order valence-electron chi connectivity index (χ2n) is 6.29. The maximum absolute atomic E-state index is 10.0. The van der Waals surface area contributed by atoms with E-state index >= 15 is 0 Å². The first-order valence-corrected chi connectivity index (χ1v) is 7.51. The van der Waals surface area contributed by atoms with Crippen molar-refractivity contribution in [2.75, 3.05) is 13.2 Å². The number of ether oxygens (including phenoxy) is 1. The van der Waals surface area contributed by atoms with Gasteiger partial charge in [-0.3, -0.25) is 0 Å². The van der Waals surface area contributed by atoms with Gasteiger partial charge in [-0.15, -0.1) is 0 Å². The molecule has 2 nitrogen and oxygen atoms in total. The topological polar surface area (TPSA) is 29.5 Å². The lowest BCUT2D eigenvalue weighted by Gasteiger charge is -2.27. The third-order valence-electron chi connectivity index (χ3n) is 4.63. The van der Waals surface area contributed by atoms with Gasteiger partial charge in [-0.2, -0.15) is 0 Å². The van der Waals surface area contributed by atoms with Crippen LogP contribution in [-0.4, -0.2) is 24.4 Å². The zero-order valence-electron chi connectivity index (χ0n) is 11.2. The van der Waals surface area contributed by atoms with Crippen LogP contribution in [0.5, 0.6) is 0 Å². The standard InChI is InChI=1S/C15H28O2/c1-12-5-4-6-13(9-12)10-17-11-15(16)14-7-2-3-8-14/h12-16H,2-11H2,1H3. The fourth-order valence-electron chi connectivity index (χ4n) is 3.54. The van der Waals surface area contributed by atoms with Crippen molar-refractivity contribution in [2.24, 2.45) is 17.8 Å². The summed E-state index contributed by atoms with van der Waals surface area (Å²) in [6, 6.07) is 0. The maximum atomic E-state index is 10.0. The molecule has 0 radical (unpaired) electrons. The van der Waals surface area contributed by atoms with Crippen LogP contribution in [-0.2, 0) is 4.74 Å². The van der Waals surface area contributed by atoms with Crippen LogP contribution in [0.2, 0.25) is 0 Å². The molecule has 0 saturated heterocycles. The monoisotopic (exact) mass is 240 g/mol. The molecule has 3 atom stereocenters. The van der Waals surface area contributed by atoms with Gasteiger partial charge in [0.25, 0.3) is 0 Å². The first-order chi connectivity index (χ1) is 8.25. The van der Waals surface area contributed by atoms with E-state index in [-0.39, 0.29) is 6.10 Å². The smallest absolute Gasteiger partial charge is 0.0801 e. The minimum Gasteiger partial charge on any atom is -0.390 e. The minimum absolute atomic E-state index is 0.210. The van der Waals surface area contributed by atoms with Crippen molar-refractivity contribution in [2.45, 2.75) is 64.4 Å². The highest BCUT2D eigenvalue weighted by atomic mass is 16.5. The van der Waals surface area contributed by atoms with Crippen LogP contribution >= 0.6 is 0 Å². The molecule has 0 heterocycles. The highest BCUT2D eigenvalue weighted by Crippen LogP contribution is 2.30. The largest absolute Gasteiger partial charge is 0.390 e. The Kier molecular flexibility index (Phi) is 5.30. The molecule has 1 N–H and O–H groups in total. The van der Waals surface area contributed by atoms with E-state index in [9.17, 15) is 5.11 Å². The van der Waals surface area contributed by atoms with Crippen molar-refractivity contribution in [3.05, 3.63) is 0 Å². The van der Waals surface area contributed by atoms with Gasteiger partial charge in [0.05, 0.1) is 12.7 Å². The van der Waals surface area contributed by atoms with E-state index < -0.39 is 0 Å². The van der Waals surface area contributed by atoms with Gasteiger partial charge in [-0.25, -0.2) is 0 Å². The summed E-state index contributed by atoms with van der Waals surface area (Å²) in [6.07, 6.45) is 10.2. The Balaban J connectivity index is 1.58. The molecule has 0 aromatic carbocycles. The zero-order valence-corrected chi connectivity index (χ0v) is 11.2. The zero-order chi connectivity index (χ0) is 12.1. The second-order valence-corrected chi connectivity index (χ2v) is 6.29. The van der Waals surface area contributed by atoms with E-state index in [2.05, 4.69) is 6.92 Å². The van der Waals surface area contributed by atoms with Gasteiger partial charge in [-0.1, -0.05) is 32.6 Å². The number of hydrogen-bond donors (Lipinski definition) is 1. The van der Waals surface area contributed by atoms with Gasteiger partial charge in [0.15, 0.2) is 0 Å². The first kappa shape index (κ1) is 13.4. The van der Waals surface area contributed by atoms with Crippen molar-refractivity contribution in [3.63, 3.8) is 0 Å². The molecule has 0 aliphatic heterocycles. The average Bonchev–Trinajstić information content (AvgIpc) is 2.82. The van der Waals surface area contributed by atoms with Crippen LogP contribution in [0.3, 0.4) is 0 Å². The van der Waals surface area contributed by atoms with Crippen molar-refractivity contribution in [3.8, 4) is 0 Å². The summed E-state index contributed by atoms with van der Waals surface area (Å²) < 4.78 is 5.75. The molecule has 3 unspecified atom stereocenters. The van der Waals surface area contributed by atoms with Crippen LogP contribution in [0.4, 0.5) is 0 Å². The van der Waals surface area contributed by atoms with E-state index in [1.165, 1.54) is 51.4 Å². The molecular weight excluding hydrogens is 212 g/mol. The van der Waals surface area contributed by atoms with Gasteiger partial charge < -0.3 is 9.84 Å². The fraction of sp³-hybridized carbons (Fsp3) is 1.00. The van der Waals surface area contributed by atoms with Crippen molar-refractivity contribution >= 4 is 0 Å². The molecule has 0 bridgehead atoms. The summed E-state index contributed by atoms with van der Waals surface area (Å²) in [4.78, 5) is 0. The number of hydrogen-bond acceptors (Lipinski definition) is 2. The fourth-order valence-corrected chi connectivity index (χ4v) is 3.54. The lowest BCUT2D eigenvalue weighted by Crippen LogP contribution is -2.26. The van der Waals surface area contributed by atoms with Crippen molar-refractivity contribution < 1.29 is 9.84 Å². The van der Waals surface area contributed by atoms with E-state index in [1.54, 1.807) is 0 Å². The lowest BCUT2D eigenvalue weighted by atomic mass is 9.83. The third kappa shape index (κ3) is 4.26. The molecule has 100 valence electrons.